The van der Waals surface area contributed by atoms with Crippen LogP contribution in [-0.4, -0.2) is 36.2 Å². The molecule has 0 fully saturated rings. The fraction of sp³-hybridized carbons (Fsp3) is 0.800. The van der Waals surface area contributed by atoms with Gasteiger partial charge < -0.3 is 15.2 Å². The first-order valence-electron chi connectivity index (χ1n) is 5.00. The normalized spacial score (nSPS) is 14.7. The fourth-order valence-corrected chi connectivity index (χ4v) is 1.22. The maximum atomic E-state index is 11.5. The Morgan fingerprint density at radius 1 is 1.40 bits per heavy atom. The topological polar surface area (TPSA) is 75.6 Å². The number of rotatable bonds is 6. The molecule has 0 rings (SSSR count). The van der Waals surface area contributed by atoms with Crippen LogP contribution in [0.5, 0.6) is 0 Å². The highest BCUT2D eigenvalue weighted by Gasteiger charge is 2.26. The van der Waals surface area contributed by atoms with E-state index < -0.39 is 18.1 Å². The number of hydrogen-bond acceptors (Lipinski definition) is 3. The van der Waals surface area contributed by atoms with Crippen molar-refractivity contribution in [3.05, 3.63) is 0 Å². The number of ether oxygens (including phenoxy) is 1. The first-order valence-corrected chi connectivity index (χ1v) is 5.00. The average Bonchev–Trinajstić information content (AvgIpc) is 2.15. The maximum Gasteiger partial charge on any atom is 0.326 e. The van der Waals surface area contributed by atoms with E-state index in [-0.39, 0.29) is 11.8 Å². The summed E-state index contributed by atoms with van der Waals surface area (Å²) in [5.41, 5.74) is 0. The zero-order chi connectivity index (χ0) is 12.0. The van der Waals surface area contributed by atoms with E-state index in [9.17, 15) is 9.59 Å². The van der Waals surface area contributed by atoms with Gasteiger partial charge in [-0.15, -0.1) is 0 Å². The molecule has 0 aromatic carbocycles. The number of carboxylic acid groups (broad SMARTS) is 1. The SMILES string of the molecule is CCC(OC)C(=O)N[C@@H](C(=O)O)C(C)C. The lowest BCUT2D eigenvalue weighted by molar-refractivity contribution is -0.145. The Hall–Kier alpha value is -1.10. The summed E-state index contributed by atoms with van der Waals surface area (Å²) in [6.45, 7) is 5.29. The highest BCUT2D eigenvalue weighted by molar-refractivity contribution is 5.86. The summed E-state index contributed by atoms with van der Waals surface area (Å²) in [7, 11) is 1.43. The summed E-state index contributed by atoms with van der Waals surface area (Å²) in [5.74, 6) is -1.55. The van der Waals surface area contributed by atoms with Crippen molar-refractivity contribution >= 4 is 11.9 Å². The van der Waals surface area contributed by atoms with Crippen molar-refractivity contribution in [2.45, 2.75) is 39.3 Å². The molecule has 0 saturated heterocycles. The summed E-state index contributed by atoms with van der Waals surface area (Å²) >= 11 is 0. The molecule has 0 aromatic rings. The molecular formula is C10H19NO4. The van der Waals surface area contributed by atoms with E-state index in [0.717, 1.165) is 0 Å². The molecule has 0 heterocycles. The van der Waals surface area contributed by atoms with Crippen LogP contribution in [0.4, 0.5) is 0 Å². The van der Waals surface area contributed by atoms with Crippen molar-refractivity contribution in [3.8, 4) is 0 Å². The largest absolute Gasteiger partial charge is 0.480 e. The predicted molar refractivity (Wildman–Crippen MR) is 55.5 cm³/mol. The second kappa shape index (κ2) is 6.40. The van der Waals surface area contributed by atoms with Crippen LogP contribution in [0.3, 0.4) is 0 Å². The molecule has 0 aromatic heterocycles. The van der Waals surface area contributed by atoms with Gasteiger partial charge in [0.25, 0.3) is 0 Å². The maximum absolute atomic E-state index is 11.5. The molecule has 5 heteroatoms. The van der Waals surface area contributed by atoms with Gasteiger partial charge >= 0.3 is 5.97 Å². The van der Waals surface area contributed by atoms with Gasteiger partial charge in [0.15, 0.2) is 0 Å². The Kier molecular flexibility index (Phi) is 5.93. The molecule has 0 aliphatic heterocycles. The number of nitrogens with one attached hydrogen (secondary N) is 1. The molecule has 0 radical (unpaired) electrons. The van der Waals surface area contributed by atoms with Crippen molar-refractivity contribution in [1.29, 1.82) is 0 Å². The third-order valence-electron chi connectivity index (χ3n) is 2.18. The van der Waals surface area contributed by atoms with Crippen LogP contribution in [0, 0.1) is 5.92 Å². The monoisotopic (exact) mass is 217 g/mol. The third kappa shape index (κ3) is 4.29. The van der Waals surface area contributed by atoms with Crippen LogP contribution in [0.2, 0.25) is 0 Å². The molecule has 0 saturated carbocycles. The molecule has 0 aliphatic carbocycles. The molecule has 0 spiro atoms. The van der Waals surface area contributed by atoms with Gasteiger partial charge in [-0.2, -0.15) is 0 Å². The Balaban J connectivity index is 4.41. The van der Waals surface area contributed by atoms with Gasteiger partial charge in [-0.05, 0) is 12.3 Å². The van der Waals surface area contributed by atoms with E-state index in [0.29, 0.717) is 6.42 Å². The van der Waals surface area contributed by atoms with Gasteiger partial charge in [-0.3, -0.25) is 4.79 Å². The zero-order valence-corrected chi connectivity index (χ0v) is 9.61. The van der Waals surface area contributed by atoms with Crippen LogP contribution in [0.15, 0.2) is 0 Å². The first-order chi connectivity index (χ1) is 6.93. The van der Waals surface area contributed by atoms with Crippen LogP contribution < -0.4 is 5.32 Å². The molecule has 2 N–H and O–H groups in total. The average molecular weight is 217 g/mol. The molecule has 5 nitrogen and oxygen atoms in total. The number of carbonyl (C=O) groups is 2. The van der Waals surface area contributed by atoms with Crippen LogP contribution >= 0.6 is 0 Å². The van der Waals surface area contributed by atoms with Gasteiger partial charge in [0.05, 0.1) is 0 Å². The van der Waals surface area contributed by atoms with Gasteiger partial charge in [0.2, 0.25) is 5.91 Å². The minimum atomic E-state index is -1.02. The minimum absolute atomic E-state index is 0.152. The quantitative estimate of drug-likeness (QED) is 0.684. The number of carboxylic acids is 1. The zero-order valence-electron chi connectivity index (χ0n) is 9.61. The summed E-state index contributed by atoms with van der Waals surface area (Å²) in [4.78, 5) is 22.3. The number of hydrogen-bond donors (Lipinski definition) is 2. The van der Waals surface area contributed by atoms with Crippen molar-refractivity contribution < 1.29 is 19.4 Å². The molecule has 0 bridgehead atoms. The van der Waals surface area contributed by atoms with Crippen molar-refractivity contribution in [2.75, 3.05) is 7.11 Å². The number of carbonyl (C=O) groups excluding carboxylic acids is 1. The van der Waals surface area contributed by atoms with Gasteiger partial charge in [0.1, 0.15) is 12.1 Å². The Morgan fingerprint density at radius 3 is 2.20 bits per heavy atom. The molecular weight excluding hydrogens is 198 g/mol. The van der Waals surface area contributed by atoms with Gasteiger partial charge in [-0.25, -0.2) is 4.79 Å². The minimum Gasteiger partial charge on any atom is -0.480 e. The first kappa shape index (κ1) is 13.9. The lowest BCUT2D eigenvalue weighted by atomic mass is 10.0. The second-order valence-electron chi connectivity index (χ2n) is 3.70. The Bertz CT molecular complexity index is 223. The Labute approximate surface area is 89.8 Å². The van der Waals surface area contributed by atoms with E-state index in [2.05, 4.69) is 5.32 Å². The highest BCUT2D eigenvalue weighted by atomic mass is 16.5. The molecule has 1 unspecified atom stereocenters. The number of methoxy groups -OCH3 is 1. The van der Waals surface area contributed by atoms with Crippen LogP contribution in [0.25, 0.3) is 0 Å². The van der Waals surface area contributed by atoms with E-state index >= 15 is 0 Å². The van der Waals surface area contributed by atoms with E-state index in [1.807, 2.05) is 0 Å². The molecule has 0 aliphatic rings. The second-order valence-corrected chi connectivity index (χ2v) is 3.70. The summed E-state index contributed by atoms with van der Waals surface area (Å²) in [6, 6.07) is -0.860. The standard InChI is InChI=1S/C10H19NO4/c1-5-7(15-4)9(12)11-8(6(2)3)10(13)14/h6-8H,5H2,1-4H3,(H,11,12)(H,13,14)/t7?,8-/m1/s1. The van der Waals surface area contributed by atoms with E-state index in [1.54, 1.807) is 20.8 Å². The predicted octanol–water partition coefficient (Wildman–Crippen LogP) is 0.637. The summed E-state index contributed by atoms with van der Waals surface area (Å²) < 4.78 is 4.92. The van der Waals surface area contributed by atoms with Crippen LogP contribution in [0.1, 0.15) is 27.2 Å². The number of aliphatic carboxylic acids is 1. The lowest BCUT2D eigenvalue weighted by Gasteiger charge is -2.20. The Morgan fingerprint density at radius 2 is 1.93 bits per heavy atom. The van der Waals surface area contributed by atoms with Crippen molar-refractivity contribution in [1.82, 2.24) is 5.32 Å². The lowest BCUT2D eigenvalue weighted by Crippen LogP contribution is -2.48. The van der Waals surface area contributed by atoms with E-state index in [4.69, 9.17) is 9.84 Å². The molecule has 1 amide bonds. The van der Waals surface area contributed by atoms with Crippen molar-refractivity contribution in [2.24, 2.45) is 5.92 Å². The summed E-state index contributed by atoms with van der Waals surface area (Å²) in [5, 5.41) is 11.3. The molecule has 2 atom stereocenters. The number of amides is 1. The van der Waals surface area contributed by atoms with Gasteiger partial charge in [-0.1, -0.05) is 20.8 Å². The van der Waals surface area contributed by atoms with Gasteiger partial charge in [0, 0.05) is 7.11 Å². The van der Waals surface area contributed by atoms with Crippen LogP contribution in [-0.2, 0) is 14.3 Å². The third-order valence-corrected chi connectivity index (χ3v) is 2.18. The molecule has 88 valence electrons. The fourth-order valence-electron chi connectivity index (χ4n) is 1.22. The summed E-state index contributed by atoms with van der Waals surface area (Å²) in [6.07, 6.45) is -0.0575. The molecule has 15 heavy (non-hydrogen) atoms. The highest BCUT2D eigenvalue weighted by Crippen LogP contribution is 2.04. The van der Waals surface area contributed by atoms with E-state index in [1.165, 1.54) is 7.11 Å². The van der Waals surface area contributed by atoms with Crippen molar-refractivity contribution in [3.63, 3.8) is 0 Å². The smallest absolute Gasteiger partial charge is 0.326 e.